The molecular formula is C13H16N2O5S. The third kappa shape index (κ3) is 2.43. The van der Waals surface area contributed by atoms with Gasteiger partial charge in [-0.05, 0) is 13.0 Å². The third-order valence-corrected chi connectivity index (χ3v) is 5.93. The molecule has 0 saturated carbocycles. The van der Waals surface area contributed by atoms with E-state index in [0.29, 0.717) is 32.0 Å². The normalized spacial score (nSPS) is 26.0. The van der Waals surface area contributed by atoms with Gasteiger partial charge >= 0.3 is 5.97 Å². The van der Waals surface area contributed by atoms with E-state index in [0.717, 1.165) is 0 Å². The minimum absolute atomic E-state index is 0.0635. The van der Waals surface area contributed by atoms with Crippen LogP contribution in [-0.4, -0.2) is 55.1 Å². The number of sulfonamides is 1. The van der Waals surface area contributed by atoms with Crippen LogP contribution in [0.25, 0.3) is 0 Å². The van der Waals surface area contributed by atoms with Gasteiger partial charge < -0.3 is 9.84 Å². The average molecular weight is 312 g/mol. The summed E-state index contributed by atoms with van der Waals surface area (Å²) >= 11 is 0. The van der Waals surface area contributed by atoms with Crippen molar-refractivity contribution in [1.29, 1.82) is 0 Å². The van der Waals surface area contributed by atoms with Crippen molar-refractivity contribution in [1.82, 2.24) is 9.29 Å². The van der Waals surface area contributed by atoms with Gasteiger partial charge in [-0.3, -0.25) is 4.98 Å². The molecule has 3 heterocycles. The molecule has 0 radical (unpaired) electrons. The second-order valence-electron chi connectivity index (χ2n) is 5.49. The Morgan fingerprint density at radius 3 is 2.57 bits per heavy atom. The van der Waals surface area contributed by atoms with Crippen LogP contribution < -0.4 is 0 Å². The van der Waals surface area contributed by atoms with Crippen molar-refractivity contribution in [3.8, 4) is 0 Å². The van der Waals surface area contributed by atoms with Gasteiger partial charge in [0.25, 0.3) is 0 Å². The number of rotatable bonds is 3. The fourth-order valence-electron chi connectivity index (χ4n) is 2.86. The molecule has 21 heavy (non-hydrogen) atoms. The van der Waals surface area contributed by atoms with Crippen LogP contribution >= 0.6 is 0 Å². The molecule has 0 spiro atoms. The van der Waals surface area contributed by atoms with Gasteiger partial charge in [-0.1, -0.05) is 0 Å². The number of aromatic carboxylic acids is 1. The zero-order valence-electron chi connectivity index (χ0n) is 11.5. The lowest BCUT2D eigenvalue weighted by molar-refractivity contribution is 0.0695. The molecule has 0 aliphatic carbocycles. The van der Waals surface area contributed by atoms with Crippen molar-refractivity contribution < 1.29 is 23.1 Å². The largest absolute Gasteiger partial charge is 0.478 e. The van der Waals surface area contributed by atoms with Gasteiger partial charge in [-0.25, -0.2) is 13.2 Å². The lowest BCUT2D eigenvalue weighted by Crippen LogP contribution is -2.30. The second kappa shape index (κ2) is 5.04. The standard InChI is InChI=1S/C13H16N2O5S/c1-8-12(13(16)17)2-11(3-14-8)21(18,19)15-4-9-6-20-7-10(9)5-15/h2-3,9-10H,4-7H2,1H3,(H,16,17)/t9-,10+. The molecule has 2 saturated heterocycles. The summed E-state index contributed by atoms with van der Waals surface area (Å²) in [4.78, 5) is 15.0. The Bertz CT molecular complexity index is 676. The maximum absolute atomic E-state index is 12.6. The van der Waals surface area contributed by atoms with Gasteiger partial charge in [0.2, 0.25) is 10.0 Å². The van der Waals surface area contributed by atoms with E-state index in [9.17, 15) is 13.2 Å². The highest BCUT2D eigenvalue weighted by atomic mass is 32.2. The molecule has 2 aliphatic rings. The van der Waals surface area contributed by atoms with Crippen LogP contribution in [0.3, 0.4) is 0 Å². The van der Waals surface area contributed by atoms with Crippen molar-refractivity contribution in [2.24, 2.45) is 11.8 Å². The van der Waals surface area contributed by atoms with Crippen LogP contribution in [0.15, 0.2) is 17.2 Å². The van der Waals surface area contributed by atoms with E-state index in [4.69, 9.17) is 9.84 Å². The number of nitrogens with zero attached hydrogens (tertiary/aromatic N) is 2. The van der Waals surface area contributed by atoms with Gasteiger partial charge in [-0.2, -0.15) is 4.31 Å². The molecule has 2 aliphatic heterocycles. The number of carbonyl (C=O) groups is 1. The molecule has 8 heteroatoms. The zero-order chi connectivity index (χ0) is 15.2. The maximum atomic E-state index is 12.6. The van der Waals surface area contributed by atoms with Crippen molar-refractivity contribution in [3.05, 3.63) is 23.5 Å². The fraction of sp³-hybridized carbons (Fsp3) is 0.538. The number of aromatic nitrogens is 1. The van der Waals surface area contributed by atoms with E-state index in [1.54, 1.807) is 0 Å². The molecule has 0 unspecified atom stereocenters. The van der Waals surface area contributed by atoms with Crippen LogP contribution in [0.5, 0.6) is 0 Å². The first-order valence-corrected chi connectivity index (χ1v) is 8.11. The molecule has 0 bridgehead atoms. The summed E-state index contributed by atoms with van der Waals surface area (Å²) in [5.74, 6) is -0.710. The Morgan fingerprint density at radius 2 is 2.00 bits per heavy atom. The minimum atomic E-state index is -3.70. The average Bonchev–Trinajstić information content (AvgIpc) is 2.99. The Balaban J connectivity index is 1.92. The number of hydrogen-bond donors (Lipinski definition) is 1. The van der Waals surface area contributed by atoms with Gasteiger partial charge in [0, 0.05) is 31.1 Å². The molecule has 3 rings (SSSR count). The molecule has 1 aromatic heterocycles. The number of ether oxygens (including phenoxy) is 1. The molecule has 114 valence electrons. The zero-order valence-corrected chi connectivity index (χ0v) is 12.3. The van der Waals surface area contributed by atoms with E-state index in [2.05, 4.69) is 4.98 Å². The Morgan fingerprint density at radius 1 is 1.38 bits per heavy atom. The first-order valence-electron chi connectivity index (χ1n) is 6.67. The summed E-state index contributed by atoms with van der Waals surface area (Å²) in [6.45, 7) is 3.55. The Kier molecular flexibility index (Phi) is 3.46. The van der Waals surface area contributed by atoms with Crippen LogP contribution in [0, 0.1) is 18.8 Å². The molecule has 0 amide bonds. The van der Waals surface area contributed by atoms with Gasteiger partial charge in [0.05, 0.1) is 24.5 Å². The summed E-state index contributed by atoms with van der Waals surface area (Å²) in [7, 11) is -3.70. The van der Waals surface area contributed by atoms with Crippen molar-refractivity contribution >= 4 is 16.0 Å². The second-order valence-corrected chi connectivity index (χ2v) is 7.43. The number of aryl methyl sites for hydroxylation is 1. The van der Waals surface area contributed by atoms with E-state index < -0.39 is 16.0 Å². The van der Waals surface area contributed by atoms with Crippen molar-refractivity contribution in [2.75, 3.05) is 26.3 Å². The van der Waals surface area contributed by atoms with Crippen LogP contribution in [-0.2, 0) is 14.8 Å². The maximum Gasteiger partial charge on any atom is 0.337 e. The molecule has 2 fully saturated rings. The fourth-order valence-corrected chi connectivity index (χ4v) is 4.39. The predicted octanol–water partition coefficient (Wildman–Crippen LogP) is 0.355. The van der Waals surface area contributed by atoms with Crippen LogP contribution in [0.4, 0.5) is 0 Å². The predicted molar refractivity (Wildman–Crippen MR) is 72.5 cm³/mol. The molecule has 2 atom stereocenters. The molecule has 7 nitrogen and oxygen atoms in total. The number of carboxylic acid groups (broad SMARTS) is 1. The topological polar surface area (TPSA) is 96.8 Å². The highest BCUT2D eigenvalue weighted by Crippen LogP contribution is 2.32. The number of carboxylic acids is 1. The summed E-state index contributed by atoms with van der Waals surface area (Å²) in [5, 5.41) is 9.09. The van der Waals surface area contributed by atoms with E-state index >= 15 is 0 Å². The summed E-state index contributed by atoms with van der Waals surface area (Å²) in [6.07, 6.45) is 1.22. The molecule has 1 aromatic rings. The van der Waals surface area contributed by atoms with Gasteiger partial charge in [0.15, 0.2) is 0 Å². The highest BCUT2D eigenvalue weighted by molar-refractivity contribution is 7.89. The van der Waals surface area contributed by atoms with Crippen molar-refractivity contribution in [3.63, 3.8) is 0 Å². The number of hydrogen-bond acceptors (Lipinski definition) is 5. The molecule has 0 aromatic carbocycles. The monoisotopic (exact) mass is 312 g/mol. The number of fused-ring (bicyclic) bond motifs is 1. The highest BCUT2D eigenvalue weighted by Gasteiger charge is 2.42. The van der Waals surface area contributed by atoms with Gasteiger partial charge in [0.1, 0.15) is 4.90 Å². The smallest absolute Gasteiger partial charge is 0.337 e. The Hall–Kier alpha value is -1.51. The Labute approximate surface area is 122 Å². The lowest BCUT2D eigenvalue weighted by Gasteiger charge is -2.17. The van der Waals surface area contributed by atoms with E-state index in [-0.39, 0.29) is 22.3 Å². The minimum Gasteiger partial charge on any atom is -0.478 e. The van der Waals surface area contributed by atoms with E-state index in [1.807, 2.05) is 0 Å². The summed E-state index contributed by atoms with van der Waals surface area (Å²) < 4.78 is 31.9. The van der Waals surface area contributed by atoms with Crippen molar-refractivity contribution in [2.45, 2.75) is 11.8 Å². The SMILES string of the molecule is Cc1ncc(S(=O)(=O)N2C[C@H]3COC[C@H]3C2)cc1C(=O)O. The quantitative estimate of drug-likeness (QED) is 0.865. The first kappa shape index (κ1) is 14.4. The summed E-state index contributed by atoms with van der Waals surface area (Å²) in [6, 6.07) is 1.19. The molecule has 1 N–H and O–H groups in total. The summed E-state index contributed by atoms with van der Waals surface area (Å²) in [5.41, 5.74) is 0.215. The number of pyridine rings is 1. The van der Waals surface area contributed by atoms with E-state index in [1.165, 1.54) is 23.5 Å². The lowest BCUT2D eigenvalue weighted by atomic mass is 10.0. The third-order valence-electron chi connectivity index (χ3n) is 4.14. The van der Waals surface area contributed by atoms with Crippen LogP contribution in [0.2, 0.25) is 0 Å². The van der Waals surface area contributed by atoms with Crippen LogP contribution in [0.1, 0.15) is 16.1 Å². The first-order chi connectivity index (χ1) is 9.89. The van der Waals surface area contributed by atoms with Gasteiger partial charge in [-0.15, -0.1) is 0 Å². The molecular weight excluding hydrogens is 296 g/mol.